The van der Waals surface area contributed by atoms with Crippen LogP contribution in [0.1, 0.15) is 76.2 Å². The molecule has 2 aliphatic heterocycles. The number of aromatic amines is 2. The fourth-order valence-corrected chi connectivity index (χ4v) is 5.64. The van der Waals surface area contributed by atoms with Crippen molar-refractivity contribution < 1.29 is 31.5 Å². The number of H-pyrrole nitrogens is 2. The quantitative estimate of drug-likeness (QED) is 0.182. The Morgan fingerprint density at radius 2 is 1.28 bits per heavy atom. The molecule has 4 heterocycles. The fourth-order valence-electron chi connectivity index (χ4n) is 5.64. The Morgan fingerprint density at radius 1 is 0.744 bits per heavy atom. The van der Waals surface area contributed by atoms with Crippen molar-refractivity contribution in [3.05, 3.63) is 53.1 Å². The van der Waals surface area contributed by atoms with Crippen LogP contribution in [0.15, 0.2) is 30.3 Å². The van der Waals surface area contributed by atoms with Crippen LogP contribution in [-0.2, 0) is 26.3 Å². The molecule has 0 bridgehead atoms. The van der Waals surface area contributed by atoms with Gasteiger partial charge in [-0.05, 0) is 94.3 Å². The first kappa shape index (κ1) is 28.8. The summed E-state index contributed by atoms with van der Waals surface area (Å²) in [5, 5.41) is 5.52. The number of carbonyl (C=O) groups excluding carboxylic acids is 2. The van der Waals surface area contributed by atoms with Gasteiger partial charge in [-0.2, -0.15) is 22.0 Å². The van der Waals surface area contributed by atoms with E-state index in [0.29, 0.717) is 11.3 Å². The molecule has 0 saturated carbocycles. The summed E-state index contributed by atoms with van der Waals surface area (Å²) in [5.41, 5.74) is 4.64. The highest BCUT2D eigenvalue weighted by Gasteiger charge is 2.61. The average molecular weight is 601 g/mol. The summed E-state index contributed by atoms with van der Waals surface area (Å²) in [6, 6.07) is 6.71. The number of rotatable bonds is 2. The zero-order chi connectivity index (χ0) is 31.1. The summed E-state index contributed by atoms with van der Waals surface area (Å²) >= 11 is 0. The number of amides is 2. The smallest absolute Gasteiger partial charge is 0.338 e. The Kier molecular flexibility index (Phi) is 6.27. The molecule has 13 heteroatoms. The molecule has 3 aliphatic rings. The van der Waals surface area contributed by atoms with E-state index in [1.807, 2.05) is 24.9 Å². The number of alkyl halides is 5. The first-order valence-corrected chi connectivity index (χ1v) is 13.9. The number of imidazole rings is 2. The lowest BCUT2D eigenvalue weighted by Crippen LogP contribution is -2.34. The molecule has 0 spiro atoms. The number of halogens is 5. The van der Waals surface area contributed by atoms with Crippen LogP contribution >= 0.6 is 0 Å². The molecule has 0 saturated heterocycles. The molecule has 2 amide bonds. The molecule has 43 heavy (non-hydrogen) atoms. The van der Waals surface area contributed by atoms with E-state index in [0.717, 1.165) is 41.0 Å². The van der Waals surface area contributed by atoms with Crippen molar-refractivity contribution in [2.45, 2.75) is 76.3 Å². The van der Waals surface area contributed by atoms with Gasteiger partial charge in [-0.15, -0.1) is 0 Å². The minimum Gasteiger partial charge on any atom is -0.338 e. The third kappa shape index (κ3) is 4.56. The van der Waals surface area contributed by atoms with Gasteiger partial charge in [0.1, 0.15) is 5.82 Å². The molecular formula is C30H29F5N6O2. The summed E-state index contributed by atoms with van der Waals surface area (Å²) in [6.45, 7) is 7.17. The van der Waals surface area contributed by atoms with E-state index in [4.69, 9.17) is 4.98 Å². The molecule has 0 atom stereocenters. The topological polar surface area (TPSA) is 116 Å². The lowest BCUT2D eigenvalue weighted by atomic mass is 9.86. The van der Waals surface area contributed by atoms with Gasteiger partial charge in [-0.1, -0.05) is 6.08 Å². The number of aromatic nitrogens is 4. The minimum atomic E-state index is -5.74. The van der Waals surface area contributed by atoms with E-state index < -0.39 is 28.8 Å². The first-order chi connectivity index (χ1) is 20.0. The summed E-state index contributed by atoms with van der Waals surface area (Å²) in [4.78, 5) is 37.3. The van der Waals surface area contributed by atoms with Gasteiger partial charge in [-0.25, -0.2) is 9.97 Å². The fraction of sp³-hybridized carbons (Fsp3) is 0.400. The summed E-state index contributed by atoms with van der Waals surface area (Å²) in [7, 11) is 0. The maximum absolute atomic E-state index is 13.3. The first-order valence-electron chi connectivity index (χ1n) is 13.9. The second-order valence-corrected chi connectivity index (χ2v) is 12.2. The Morgan fingerprint density at radius 3 is 1.79 bits per heavy atom. The van der Waals surface area contributed by atoms with E-state index >= 15 is 0 Å². The molecule has 7 rings (SSSR count). The Hall–Kier alpha value is -4.29. The third-order valence-corrected chi connectivity index (χ3v) is 8.47. The van der Waals surface area contributed by atoms with Crippen LogP contribution in [0.2, 0.25) is 0 Å². The van der Waals surface area contributed by atoms with E-state index in [1.165, 1.54) is 30.5 Å². The van der Waals surface area contributed by atoms with Crippen LogP contribution in [0.25, 0.3) is 27.6 Å². The second-order valence-electron chi connectivity index (χ2n) is 12.2. The van der Waals surface area contributed by atoms with Crippen molar-refractivity contribution in [3.63, 3.8) is 0 Å². The van der Waals surface area contributed by atoms with Crippen LogP contribution < -0.4 is 10.6 Å². The van der Waals surface area contributed by atoms with E-state index in [2.05, 4.69) is 32.7 Å². The summed E-state index contributed by atoms with van der Waals surface area (Å²) in [5.74, 6) is -5.79. The maximum atomic E-state index is 13.3. The molecule has 2 aromatic carbocycles. The standard InChI is InChI=1S/C17H19N3O.C13H10F5N3O/c1-17(2)11-8-13-14(9-12(11)20-16(17)21)19-15(18-13)10-6-4-3-5-7-10;1-11(2)5-3-7-8(4-6(5)21-10(11)22)20-9(19-7)12(14,15)13(16,17)18/h6,8-9H,3-5,7H2,1-2H3,(H,18,19)(H,20,21);3-4H,1-2H3,(H,19,20)(H,21,22). The van der Waals surface area contributed by atoms with Crippen LogP contribution in [0.5, 0.6) is 0 Å². The summed E-state index contributed by atoms with van der Waals surface area (Å²) < 4.78 is 63.8. The molecule has 2 aromatic heterocycles. The number of benzene rings is 2. The number of nitrogens with one attached hydrogen (secondary N) is 4. The van der Waals surface area contributed by atoms with E-state index in [9.17, 15) is 31.5 Å². The van der Waals surface area contributed by atoms with Crippen molar-refractivity contribution in [1.82, 2.24) is 19.9 Å². The monoisotopic (exact) mass is 600 g/mol. The molecule has 0 fully saturated rings. The number of carbonyl (C=O) groups is 2. The number of anilines is 2. The van der Waals surface area contributed by atoms with Crippen LogP contribution in [0.3, 0.4) is 0 Å². The molecule has 0 unspecified atom stereocenters. The molecule has 0 radical (unpaired) electrons. The number of hydrogen-bond donors (Lipinski definition) is 4. The van der Waals surface area contributed by atoms with Crippen molar-refractivity contribution in [3.8, 4) is 0 Å². The van der Waals surface area contributed by atoms with Gasteiger partial charge >= 0.3 is 12.1 Å². The van der Waals surface area contributed by atoms with Gasteiger partial charge in [0, 0.05) is 11.4 Å². The molecule has 226 valence electrons. The van der Waals surface area contributed by atoms with Crippen molar-refractivity contribution >= 4 is 50.8 Å². The van der Waals surface area contributed by atoms with Crippen LogP contribution in [0.4, 0.5) is 33.3 Å². The molecular weight excluding hydrogens is 571 g/mol. The van der Waals surface area contributed by atoms with Gasteiger partial charge < -0.3 is 20.6 Å². The molecule has 1 aliphatic carbocycles. The zero-order valence-corrected chi connectivity index (χ0v) is 23.8. The second kappa shape index (κ2) is 9.35. The number of allylic oxidation sites excluding steroid dienone is 2. The van der Waals surface area contributed by atoms with Crippen LogP contribution in [-0.4, -0.2) is 37.9 Å². The largest absolute Gasteiger partial charge is 0.461 e. The molecule has 4 aromatic rings. The summed E-state index contributed by atoms with van der Waals surface area (Å²) in [6.07, 6.45) is 1.31. The lowest BCUT2D eigenvalue weighted by Gasteiger charge is -2.16. The Labute approximate surface area is 242 Å². The van der Waals surface area contributed by atoms with Gasteiger partial charge in [0.2, 0.25) is 11.8 Å². The average Bonchev–Trinajstić information content (AvgIpc) is 3.65. The normalized spacial score (nSPS) is 19.0. The lowest BCUT2D eigenvalue weighted by molar-refractivity contribution is -0.292. The maximum Gasteiger partial charge on any atom is 0.461 e. The van der Waals surface area contributed by atoms with Crippen molar-refractivity contribution in [2.75, 3.05) is 10.6 Å². The molecule has 8 nitrogen and oxygen atoms in total. The highest BCUT2D eigenvalue weighted by atomic mass is 19.4. The third-order valence-electron chi connectivity index (χ3n) is 8.47. The number of fused-ring (bicyclic) bond motifs is 4. The van der Waals surface area contributed by atoms with Gasteiger partial charge in [0.05, 0.1) is 32.9 Å². The van der Waals surface area contributed by atoms with Crippen LogP contribution in [0, 0.1) is 0 Å². The Bertz CT molecular complexity index is 1850. The highest BCUT2D eigenvalue weighted by molar-refractivity contribution is 6.08. The molecule has 4 N–H and O–H groups in total. The predicted octanol–water partition coefficient (Wildman–Crippen LogP) is 7.20. The zero-order valence-electron chi connectivity index (χ0n) is 23.8. The predicted molar refractivity (Wildman–Crippen MR) is 152 cm³/mol. The number of nitrogens with zero attached hydrogens (tertiary/aromatic N) is 2. The minimum absolute atomic E-state index is 0.0160. The van der Waals surface area contributed by atoms with Gasteiger partial charge in [-0.3, -0.25) is 9.59 Å². The van der Waals surface area contributed by atoms with E-state index in [1.54, 1.807) is 13.8 Å². The van der Waals surface area contributed by atoms with E-state index in [-0.39, 0.29) is 22.8 Å². The van der Waals surface area contributed by atoms with Gasteiger partial charge in [0.15, 0.2) is 5.82 Å². The van der Waals surface area contributed by atoms with Crippen molar-refractivity contribution in [1.29, 1.82) is 0 Å². The number of hydrogen-bond acceptors (Lipinski definition) is 4. The SMILES string of the molecule is CC1(C)C(=O)Nc2cc3nc(C(F)(F)C(F)(F)F)[nH]c3cc21.CC1(C)C(=O)Nc2cc3nc(C4=CCCCC4)[nH]c3cc21. The van der Waals surface area contributed by atoms with Crippen molar-refractivity contribution in [2.24, 2.45) is 0 Å². The Balaban J connectivity index is 0.000000153. The van der Waals surface area contributed by atoms with Gasteiger partial charge in [0.25, 0.3) is 0 Å². The highest BCUT2D eigenvalue weighted by Crippen LogP contribution is 2.45.